The van der Waals surface area contributed by atoms with Gasteiger partial charge in [-0.25, -0.2) is 4.79 Å². The fourth-order valence-electron chi connectivity index (χ4n) is 2.91. The standard InChI is InChI=1S/C18H29N3O2/c1-13-10-16(19)7-6-15(13)12-20-8-9-21(14(2)11-20)17(22)23-18(3,4)5/h6-7,10,14H,8-9,11-12,19H2,1-5H3/t14-/m1/s1. The number of hydrogen-bond donors (Lipinski definition) is 1. The molecule has 0 aliphatic carbocycles. The number of nitrogen functional groups attached to an aromatic ring is 1. The van der Waals surface area contributed by atoms with Crippen LogP contribution in [0, 0.1) is 6.92 Å². The predicted molar refractivity (Wildman–Crippen MR) is 93.3 cm³/mol. The van der Waals surface area contributed by atoms with Crippen LogP contribution in [-0.2, 0) is 11.3 Å². The maximum Gasteiger partial charge on any atom is 0.410 e. The van der Waals surface area contributed by atoms with Crippen LogP contribution in [0.25, 0.3) is 0 Å². The Kier molecular flexibility index (Phi) is 5.19. The van der Waals surface area contributed by atoms with Crippen molar-refractivity contribution in [2.75, 3.05) is 25.4 Å². The van der Waals surface area contributed by atoms with Crippen LogP contribution in [0.5, 0.6) is 0 Å². The quantitative estimate of drug-likeness (QED) is 0.851. The number of ether oxygens (including phenoxy) is 1. The summed E-state index contributed by atoms with van der Waals surface area (Å²) >= 11 is 0. The molecule has 2 N–H and O–H groups in total. The first-order chi connectivity index (χ1) is 10.7. The molecule has 0 unspecified atom stereocenters. The Morgan fingerprint density at radius 3 is 2.61 bits per heavy atom. The molecule has 128 valence electrons. The number of hydrogen-bond acceptors (Lipinski definition) is 4. The first kappa shape index (κ1) is 17.6. The van der Waals surface area contributed by atoms with Gasteiger partial charge in [0.05, 0.1) is 0 Å². The Morgan fingerprint density at radius 2 is 2.04 bits per heavy atom. The number of piperazine rings is 1. The summed E-state index contributed by atoms with van der Waals surface area (Å²) in [5, 5.41) is 0. The van der Waals surface area contributed by atoms with Crippen molar-refractivity contribution in [1.29, 1.82) is 0 Å². The van der Waals surface area contributed by atoms with Crippen LogP contribution in [0.4, 0.5) is 10.5 Å². The third-order valence-corrected chi connectivity index (χ3v) is 4.10. The van der Waals surface area contributed by atoms with Crippen LogP contribution in [0.15, 0.2) is 18.2 Å². The highest BCUT2D eigenvalue weighted by atomic mass is 16.6. The van der Waals surface area contributed by atoms with E-state index >= 15 is 0 Å². The lowest BCUT2D eigenvalue weighted by atomic mass is 10.1. The third-order valence-electron chi connectivity index (χ3n) is 4.10. The second kappa shape index (κ2) is 6.79. The molecule has 1 fully saturated rings. The molecule has 1 aromatic rings. The van der Waals surface area contributed by atoms with Crippen molar-refractivity contribution in [2.45, 2.75) is 52.8 Å². The van der Waals surface area contributed by atoms with E-state index in [9.17, 15) is 4.79 Å². The summed E-state index contributed by atoms with van der Waals surface area (Å²) in [5.41, 5.74) is 8.67. The van der Waals surface area contributed by atoms with E-state index in [1.165, 1.54) is 11.1 Å². The number of carbonyl (C=O) groups is 1. The van der Waals surface area contributed by atoms with E-state index in [1.54, 1.807) is 0 Å². The Labute approximate surface area is 139 Å². The highest BCUT2D eigenvalue weighted by Gasteiger charge is 2.30. The van der Waals surface area contributed by atoms with Gasteiger partial charge in [0.2, 0.25) is 0 Å². The lowest BCUT2D eigenvalue weighted by Gasteiger charge is -2.40. The molecule has 0 aromatic heterocycles. The van der Waals surface area contributed by atoms with E-state index in [0.717, 1.165) is 25.3 Å². The molecule has 1 heterocycles. The number of nitrogens with two attached hydrogens (primary N) is 1. The lowest BCUT2D eigenvalue weighted by Crippen LogP contribution is -2.54. The smallest absolute Gasteiger partial charge is 0.410 e. The summed E-state index contributed by atoms with van der Waals surface area (Å²) in [4.78, 5) is 16.5. The molecule has 1 amide bonds. The molecule has 1 aliphatic heterocycles. The Bertz CT molecular complexity index is 566. The monoisotopic (exact) mass is 319 g/mol. The molecule has 0 bridgehead atoms. The molecule has 1 aliphatic rings. The molecule has 1 aromatic carbocycles. The largest absolute Gasteiger partial charge is 0.444 e. The second-order valence-corrected chi connectivity index (χ2v) is 7.44. The van der Waals surface area contributed by atoms with Gasteiger partial charge in [0.15, 0.2) is 0 Å². The molecule has 1 saturated heterocycles. The molecule has 23 heavy (non-hydrogen) atoms. The molecule has 0 saturated carbocycles. The SMILES string of the molecule is Cc1cc(N)ccc1CN1CCN(C(=O)OC(C)(C)C)[C@H](C)C1. The topological polar surface area (TPSA) is 58.8 Å². The van der Waals surface area contributed by atoms with Crippen LogP contribution < -0.4 is 5.73 Å². The minimum atomic E-state index is -0.449. The molecule has 5 nitrogen and oxygen atoms in total. The number of anilines is 1. The Hall–Kier alpha value is -1.75. The maximum absolute atomic E-state index is 12.3. The number of amides is 1. The van der Waals surface area contributed by atoms with Crippen molar-refractivity contribution >= 4 is 11.8 Å². The summed E-state index contributed by atoms with van der Waals surface area (Å²) in [5.74, 6) is 0. The van der Waals surface area contributed by atoms with E-state index < -0.39 is 5.60 Å². The highest BCUT2D eigenvalue weighted by Crippen LogP contribution is 2.19. The Balaban J connectivity index is 1.94. The highest BCUT2D eigenvalue weighted by molar-refractivity contribution is 5.68. The maximum atomic E-state index is 12.3. The van der Waals surface area contributed by atoms with E-state index in [1.807, 2.05) is 37.8 Å². The number of benzene rings is 1. The summed E-state index contributed by atoms with van der Waals surface area (Å²) in [6.45, 7) is 13.2. The van der Waals surface area contributed by atoms with Gasteiger partial charge in [-0.05, 0) is 57.9 Å². The fourth-order valence-corrected chi connectivity index (χ4v) is 2.91. The van der Waals surface area contributed by atoms with Crippen molar-refractivity contribution in [2.24, 2.45) is 0 Å². The molecule has 0 spiro atoms. The molecular formula is C18H29N3O2. The van der Waals surface area contributed by atoms with Crippen molar-refractivity contribution in [3.63, 3.8) is 0 Å². The van der Waals surface area contributed by atoms with E-state index in [2.05, 4.69) is 24.8 Å². The Morgan fingerprint density at radius 1 is 1.35 bits per heavy atom. The van der Waals surface area contributed by atoms with Gasteiger partial charge >= 0.3 is 6.09 Å². The first-order valence-corrected chi connectivity index (χ1v) is 8.22. The lowest BCUT2D eigenvalue weighted by molar-refractivity contribution is 0.000538. The van der Waals surface area contributed by atoms with Gasteiger partial charge in [-0.3, -0.25) is 4.90 Å². The van der Waals surface area contributed by atoms with Gasteiger partial charge in [-0.15, -0.1) is 0 Å². The molecule has 1 atom stereocenters. The summed E-state index contributed by atoms with van der Waals surface area (Å²) in [6, 6.07) is 6.20. The fraction of sp³-hybridized carbons (Fsp3) is 0.611. The summed E-state index contributed by atoms with van der Waals surface area (Å²) in [6.07, 6.45) is -0.215. The zero-order valence-corrected chi connectivity index (χ0v) is 14.9. The summed E-state index contributed by atoms with van der Waals surface area (Å²) < 4.78 is 5.49. The zero-order chi connectivity index (χ0) is 17.2. The normalized spacial score (nSPS) is 19.7. The van der Waals surface area contributed by atoms with Crippen LogP contribution >= 0.6 is 0 Å². The van der Waals surface area contributed by atoms with Crippen molar-refractivity contribution < 1.29 is 9.53 Å². The average Bonchev–Trinajstić information content (AvgIpc) is 2.40. The minimum Gasteiger partial charge on any atom is -0.444 e. The van der Waals surface area contributed by atoms with Gasteiger partial charge in [0.25, 0.3) is 0 Å². The summed E-state index contributed by atoms with van der Waals surface area (Å²) in [7, 11) is 0. The van der Waals surface area contributed by atoms with E-state index in [-0.39, 0.29) is 12.1 Å². The van der Waals surface area contributed by atoms with Gasteiger partial charge < -0.3 is 15.4 Å². The van der Waals surface area contributed by atoms with Gasteiger partial charge in [0.1, 0.15) is 5.60 Å². The van der Waals surface area contributed by atoms with Crippen molar-refractivity contribution in [1.82, 2.24) is 9.80 Å². The number of rotatable bonds is 2. The van der Waals surface area contributed by atoms with Crippen LogP contribution in [0.2, 0.25) is 0 Å². The number of aryl methyl sites for hydroxylation is 1. The predicted octanol–water partition coefficient (Wildman–Crippen LogP) is 3.02. The third kappa shape index (κ3) is 4.86. The van der Waals surface area contributed by atoms with E-state index in [0.29, 0.717) is 6.54 Å². The van der Waals surface area contributed by atoms with Gasteiger partial charge in [-0.1, -0.05) is 6.07 Å². The second-order valence-electron chi connectivity index (χ2n) is 7.44. The number of carbonyl (C=O) groups excluding carboxylic acids is 1. The van der Waals surface area contributed by atoms with Crippen molar-refractivity contribution in [3.05, 3.63) is 29.3 Å². The van der Waals surface area contributed by atoms with E-state index in [4.69, 9.17) is 10.5 Å². The van der Waals surface area contributed by atoms with Crippen molar-refractivity contribution in [3.8, 4) is 0 Å². The van der Waals surface area contributed by atoms with Crippen LogP contribution in [-0.4, -0.2) is 47.2 Å². The van der Waals surface area contributed by atoms with Gasteiger partial charge in [-0.2, -0.15) is 0 Å². The average molecular weight is 319 g/mol. The molecule has 5 heteroatoms. The van der Waals surface area contributed by atoms with Crippen LogP contribution in [0.1, 0.15) is 38.8 Å². The van der Waals surface area contributed by atoms with Gasteiger partial charge in [0, 0.05) is 37.9 Å². The zero-order valence-electron chi connectivity index (χ0n) is 14.9. The molecular weight excluding hydrogens is 290 g/mol. The van der Waals surface area contributed by atoms with Crippen LogP contribution in [0.3, 0.4) is 0 Å². The molecule has 2 rings (SSSR count). The first-order valence-electron chi connectivity index (χ1n) is 8.22. The number of nitrogens with zero attached hydrogens (tertiary/aromatic N) is 2. The molecule has 0 radical (unpaired) electrons. The minimum absolute atomic E-state index is 0.146.